The fraction of sp³-hybridized carbons (Fsp3) is 0.100. The van der Waals surface area contributed by atoms with Gasteiger partial charge in [0, 0.05) is 15.7 Å². The smallest absolute Gasteiger partial charge is 0.418 e. The van der Waals surface area contributed by atoms with Crippen LogP contribution in [-0.4, -0.2) is 10.1 Å². The van der Waals surface area contributed by atoms with Crippen molar-refractivity contribution in [1.82, 2.24) is 4.98 Å². The zero-order chi connectivity index (χ0) is 22.8. The summed E-state index contributed by atoms with van der Waals surface area (Å²) >= 11 is 3.02. The lowest BCUT2D eigenvalue weighted by molar-refractivity contribution is -0.137. The molecule has 0 unspecified atom stereocenters. The van der Waals surface area contributed by atoms with Crippen LogP contribution in [0.3, 0.4) is 0 Å². The van der Waals surface area contributed by atoms with Gasteiger partial charge in [0.25, 0.3) is 0 Å². The highest BCUT2D eigenvalue weighted by molar-refractivity contribution is 9.10. The predicted octanol–water partition coefficient (Wildman–Crippen LogP) is 6.49. The number of alkyl halides is 3. The minimum absolute atomic E-state index is 0.0389. The Hall–Kier alpha value is -3.65. The number of aromatic nitrogens is 1. The Labute approximate surface area is 183 Å². The van der Waals surface area contributed by atoms with Gasteiger partial charge in [0.1, 0.15) is 23.3 Å². The molecule has 1 heterocycles. The van der Waals surface area contributed by atoms with Gasteiger partial charge in [-0.15, -0.1) is 10.2 Å². The first-order chi connectivity index (χ1) is 14.6. The van der Waals surface area contributed by atoms with Crippen molar-refractivity contribution in [1.29, 1.82) is 5.26 Å². The summed E-state index contributed by atoms with van der Waals surface area (Å²) in [5.74, 6) is 0.0674. The van der Waals surface area contributed by atoms with Gasteiger partial charge >= 0.3 is 6.18 Å². The van der Waals surface area contributed by atoms with Crippen molar-refractivity contribution in [2.24, 2.45) is 10.2 Å². The molecule has 0 aliphatic rings. The van der Waals surface area contributed by atoms with Gasteiger partial charge in [-0.3, -0.25) is 0 Å². The van der Waals surface area contributed by atoms with Gasteiger partial charge in [0.05, 0.1) is 16.8 Å². The van der Waals surface area contributed by atoms with Gasteiger partial charge in [-0.2, -0.15) is 18.4 Å². The highest BCUT2D eigenvalue weighted by atomic mass is 79.9. The van der Waals surface area contributed by atoms with Gasteiger partial charge in [-0.05, 0) is 49.4 Å². The largest absolute Gasteiger partial charge is 0.508 e. The average Bonchev–Trinajstić information content (AvgIpc) is 2.69. The van der Waals surface area contributed by atoms with E-state index in [1.54, 1.807) is 19.1 Å². The van der Waals surface area contributed by atoms with Gasteiger partial charge in [-0.1, -0.05) is 15.9 Å². The lowest BCUT2D eigenvalue weighted by Gasteiger charge is -2.13. The summed E-state index contributed by atoms with van der Waals surface area (Å²) in [5, 5.41) is 29.5. The molecular weight excluding hydrogens is 477 g/mol. The van der Waals surface area contributed by atoms with E-state index in [2.05, 4.69) is 36.5 Å². The number of nitrogens with two attached hydrogens (primary N) is 1. The molecule has 158 valence electrons. The van der Waals surface area contributed by atoms with E-state index in [1.165, 1.54) is 24.3 Å². The van der Waals surface area contributed by atoms with E-state index in [0.29, 0.717) is 11.3 Å². The number of aromatic hydroxyl groups is 1. The van der Waals surface area contributed by atoms with Crippen molar-refractivity contribution in [3.05, 3.63) is 63.6 Å². The Morgan fingerprint density at radius 2 is 1.84 bits per heavy atom. The minimum Gasteiger partial charge on any atom is -0.508 e. The van der Waals surface area contributed by atoms with Crippen LogP contribution >= 0.6 is 15.9 Å². The van der Waals surface area contributed by atoms with Crippen molar-refractivity contribution >= 4 is 44.6 Å². The number of halogens is 4. The molecular formula is C20H14BrF3N6O. The predicted molar refractivity (Wildman–Crippen MR) is 113 cm³/mol. The molecule has 0 atom stereocenters. The number of nitrogen functional groups attached to an aromatic ring is 1. The first-order valence-electron chi connectivity index (χ1n) is 8.65. The molecule has 11 heteroatoms. The van der Waals surface area contributed by atoms with E-state index < -0.39 is 17.4 Å². The van der Waals surface area contributed by atoms with Gasteiger partial charge in [0.2, 0.25) is 0 Å². The maximum atomic E-state index is 13.4. The van der Waals surface area contributed by atoms with Crippen molar-refractivity contribution in [2.75, 3.05) is 11.1 Å². The average molecular weight is 491 g/mol. The molecule has 3 rings (SSSR count). The SMILES string of the molecule is Cc1c(C#N)c(N)nc(Nc2ccc(O)cc2)c1N=Nc1ccc(Br)cc1C(F)(F)F. The van der Waals surface area contributed by atoms with Crippen molar-refractivity contribution in [2.45, 2.75) is 13.1 Å². The number of rotatable bonds is 4. The summed E-state index contributed by atoms with van der Waals surface area (Å²) in [6.45, 7) is 1.54. The molecule has 3 aromatic rings. The van der Waals surface area contributed by atoms with Crippen LogP contribution in [-0.2, 0) is 6.18 Å². The molecule has 0 aliphatic carbocycles. The highest BCUT2D eigenvalue weighted by Gasteiger charge is 2.34. The van der Waals surface area contributed by atoms with E-state index in [9.17, 15) is 23.5 Å². The second kappa shape index (κ2) is 8.61. The number of pyridine rings is 1. The lowest BCUT2D eigenvalue weighted by atomic mass is 10.1. The van der Waals surface area contributed by atoms with Crippen molar-refractivity contribution < 1.29 is 18.3 Å². The topological polar surface area (TPSA) is 120 Å². The number of phenolic OH excluding ortho intramolecular Hbond substituents is 1. The third-order valence-electron chi connectivity index (χ3n) is 4.21. The molecule has 2 aromatic carbocycles. The van der Waals surface area contributed by atoms with E-state index in [4.69, 9.17) is 5.73 Å². The van der Waals surface area contributed by atoms with Crippen LogP contribution < -0.4 is 11.1 Å². The van der Waals surface area contributed by atoms with Crippen molar-refractivity contribution in [3.63, 3.8) is 0 Å². The van der Waals surface area contributed by atoms with Crippen LogP contribution in [0.25, 0.3) is 0 Å². The van der Waals surface area contributed by atoms with Crippen LogP contribution in [0.2, 0.25) is 0 Å². The number of nitrogens with one attached hydrogen (secondary N) is 1. The molecule has 1 aromatic heterocycles. The molecule has 0 fully saturated rings. The molecule has 0 bridgehead atoms. The Bertz CT molecular complexity index is 1200. The number of hydrogen-bond acceptors (Lipinski definition) is 7. The number of nitrogens with zero attached hydrogens (tertiary/aromatic N) is 4. The molecule has 31 heavy (non-hydrogen) atoms. The fourth-order valence-electron chi connectivity index (χ4n) is 2.68. The van der Waals surface area contributed by atoms with E-state index in [1.807, 2.05) is 6.07 Å². The fourth-order valence-corrected chi connectivity index (χ4v) is 3.04. The number of benzene rings is 2. The maximum absolute atomic E-state index is 13.4. The van der Waals surface area contributed by atoms with Crippen LogP contribution in [0.4, 0.5) is 41.9 Å². The number of hydrogen-bond donors (Lipinski definition) is 3. The number of phenols is 1. The summed E-state index contributed by atoms with van der Waals surface area (Å²) in [5.41, 5.74) is 5.36. The second-order valence-corrected chi connectivity index (χ2v) is 7.25. The minimum atomic E-state index is -4.64. The molecule has 0 radical (unpaired) electrons. The second-order valence-electron chi connectivity index (χ2n) is 6.34. The monoisotopic (exact) mass is 490 g/mol. The molecule has 0 spiro atoms. The van der Waals surface area contributed by atoms with Crippen LogP contribution in [0.1, 0.15) is 16.7 Å². The number of nitriles is 1. The Kier molecular flexibility index (Phi) is 6.12. The molecule has 0 amide bonds. The number of azo groups is 1. The highest BCUT2D eigenvalue weighted by Crippen LogP contribution is 2.40. The zero-order valence-corrected chi connectivity index (χ0v) is 17.5. The van der Waals surface area contributed by atoms with Crippen LogP contribution in [0.15, 0.2) is 57.2 Å². The van der Waals surface area contributed by atoms with E-state index in [0.717, 1.165) is 6.07 Å². The first-order valence-corrected chi connectivity index (χ1v) is 9.44. The molecule has 7 nitrogen and oxygen atoms in total. The summed E-state index contributed by atoms with van der Waals surface area (Å²) in [6.07, 6.45) is -4.64. The summed E-state index contributed by atoms with van der Waals surface area (Å²) < 4.78 is 40.4. The summed E-state index contributed by atoms with van der Waals surface area (Å²) in [4.78, 5) is 4.12. The molecule has 4 N–H and O–H groups in total. The van der Waals surface area contributed by atoms with Gasteiger partial charge in [0.15, 0.2) is 5.82 Å². The van der Waals surface area contributed by atoms with Gasteiger partial charge < -0.3 is 16.2 Å². The normalized spacial score (nSPS) is 11.5. The summed E-state index contributed by atoms with van der Waals surface area (Å²) in [7, 11) is 0. The quantitative estimate of drug-likeness (QED) is 0.285. The first kappa shape index (κ1) is 22.0. The van der Waals surface area contributed by atoms with E-state index in [-0.39, 0.29) is 33.1 Å². The Morgan fingerprint density at radius 3 is 2.45 bits per heavy atom. The van der Waals surface area contributed by atoms with Gasteiger partial charge in [-0.25, -0.2) is 4.98 Å². The third-order valence-corrected chi connectivity index (χ3v) is 4.70. The number of anilines is 3. The molecule has 0 saturated carbocycles. The lowest BCUT2D eigenvalue weighted by Crippen LogP contribution is -2.05. The summed E-state index contributed by atoms with van der Waals surface area (Å²) in [6, 6.07) is 11.4. The van der Waals surface area contributed by atoms with E-state index >= 15 is 0 Å². The Morgan fingerprint density at radius 1 is 1.16 bits per heavy atom. The Balaban J connectivity index is 2.12. The zero-order valence-electron chi connectivity index (χ0n) is 15.9. The van der Waals surface area contributed by atoms with Crippen LogP contribution in [0.5, 0.6) is 5.75 Å². The van der Waals surface area contributed by atoms with Crippen LogP contribution in [0, 0.1) is 18.3 Å². The maximum Gasteiger partial charge on any atom is 0.418 e. The van der Waals surface area contributed by atoms with Crippen molar-refractivity contribution in [3.8, 4) is 11.8 Å². The third kappa shape index (κ3) is 4.92. The standard InChI is InChI=1S/C20H14BrF3N6O/c1-10-14(9-25)18(26)28-19(27-12-3-5-13(31)6-4-12)17(10)30-29-16-7-2-11(21)8-15(16)20(22,23)24/h2-8,31H,1H3,(H3,26,27,28). The molecule has 0 aliphatic heterocycles. The molecule has 0 saturated heterocycles.